The molecule has 0 saturated carbocycles. The van der Waals surface area contributed by atoms with Crippen LogP contribution in [0.1, 0.15) is 19.3 Å². The van der Waals surface area contributed by atoms with Crippen molar-refractivity contribution in [3.63, 3.8) is 0 Å². The normalized spacial score (nSPS) is 16.9. The van der Waals surface area contributed by atoms with Crippen LogP contribution >= 0.6 is 0 Å². The summed E-state index contributed by atoms with van der Waals surface area (Å²) >= 11 is 0. The molecule has 1 radical (unpaired) electrons. The SMILES string of the molecule is O=c1[nH][c]nc2nc(N3CCCCC3)[nH]c12. The Hall–Kier alpha value is -1.85. The zero-order valence-corrected chi connectivity index (χ0v) is 8.79. The highest BCUT2D eigenvalue weighted by molar-refractivity contribution is 5.71. The van der Waals surface area contributed by atoms with Crippen LogP contribution in [0, 0.1) is 6.33 Å². The lowest BCUT2D eigenvalue weighted by Gasteiger charge is -2.25. The highest BCUT2D eigenvalue weighted by atomic mass is 16.1. The van der Waals surface area contributed by atoms with E-state index in [4.69, 9.17) is 0 Å². The van der Waals surface area contributed by atoms with Crippen LogP contribution < -0.4 is 10.5 Å². The van der Waals surface area contributed by atoms with E-state index in [9.17, 15) is 4.79 Å². The number of anilines is 1. The van der Waals surface area contributed by atoms with Gasteiger partial charge in [-0.1, -0.05) is 0 Å². The van der Waals surface area contributed by atoms with E-state index in [1.54, 1.807) is 0 Å². The molecular weight excluding hydrogens is 206 g/mol. The average Bonchev–Trinajstić information content (AvgIpc) is 2.76. The van der Waals surface area contributed by atoms with Gasteiger partial charge in [0.25, 0.3) is 5.56 Å². The van der Waals surface area contributed by atoms with Gasteiger partial charge in [0, 0.05) is 13.1 Å². The van der Waals surface area contributed by atoms with E-state index in [1.165, 1.54) is 19.3 Å². The number of nitrogens with zero attached hydrogens (tertiary/aromatic N) is 3. The van der Waals surface area contributed by atoms with E-state index < -0.39 is 0 Å². The zero-order chi connectivity index (χ0) is 11.0. The second-order valence-corrected chi connectivity index (χ2v) is 3.98. The molecule has 3 heterocycles. The maximum Gasteiger partial charge on any atom is 0.277 e. The number of hydrogen-bond donors (Lipinski definition) is 2. The topological polar surface area (TPSA) is 77.7 Å². The highest BCUT2D eigenvalue weighted by Crippen LogP contribution is 2.17. The van der Waals surface area contributed by atoms with Gasteiger partial charge in [0.05, 0.1) is 0 Å². The fraction of sp³-hybridized carbons (Fsp3) is 0.500. The van der Waals surface area contributed by atoms with Gasteiger partial charge in [0.15, 0.2) is 17.5 Å². The Bertz CT molecular complexity index is 552. The molecule has 6 heteroatoms. The summed E-state index contributed by atoms with van der Waals surface area (Å²) in [5.74, 6) is 0.743. The summed E-state index contributed by atoms with van der Waals surface area (Å²) in [7, 11) is 0. The van der Waals surface area contributed by atoms with E-state index in [1.807, 2.05) is 0 Å². The standard InChI is InChI=1S/C10H12N5O/c16-9-7-8(11-6-12-9)14-10(13-7)15-4-2-1-3-5-15/h1-5H2,(H2,11,12,13,14,16). The molecule has 2 aromatic rings. The van der Waals surface area contributed by atoms with Gasteiger partial charge in [-0.3, -0.25) is 4.79 Å². The summed E-state index contributed by atoms with van der Waals surface area (Å²) in [6.07, 6.45) is 6.05. The minimum atomic E-state index is -0.222. The summed E-state index contributed by atoms with van der Waals surface area (Å²) in [6, 6.07) is 0. The van der Waals surface area contributed by atoms with Gasteiger partial charge in [-0.05, 0) is 19.3 Å². The number of hydrogen-bond acceptors (Lipinski definition) is 4. The quantitative estimate of drug-likeness (QED) is 0.728. The van der Waals surface area contributed by atoms with Crippen molar-refractivity contribution >= 4 is 17.1 Å². The van der Waals surface area contributed by atoms with E-state index in [-0.39, 0.29) is 5.56 Å². The number of aromatic nitrogens is 4. The molecule has 1 aliphatic heterocycles. The Kier molecular flexibility index (Phi) is 2.12. The summed E-state index contributed by atoms with van der Waals surface area (Å²) in [5, 5.41) is 0. The van der Waals surface area contributed by atoms with Crippen molar-refractivity contribution in [3.05, 3.63) is 16.7 Å². The Morgan fingerprint density at radius 1 is 1.25 bits per heavy atom. The summed E-state index contributed by atoms with van der Waals surface area (Å²) in [6.45, 7) is 1.98. The van der Waals surface area contributed by atoms with Gasteiger partial charge >= 0.3 is 0 Å². The fourth-order valence-corrected chi connectivity index (χ4v) is 2.04. The van der Waals surface area contributed by atoms with E-state index in [2.05, 4.69) is 31.2 Å². The minimum Gasteiger partial charge on any atom is -0.342 e. The molecule has 83 valence electrons. The third-order valence-corrected chi connectivity index (χ3v) is 2.89. The Morgan fingerprint density at radius 2 is 2.06 bits per heavy atom. The molecule has 0 aromatic carbocycles. The van der Waals surface area contributed by atoms with Gasteiger partial charge in [-0.15, -0.1) is 0 Å². The van der Waals surface area contributed by atoms with Crippen LogP contribution in [-0.2, 0) is 0 Å². The number of nitrogens with one attached hydrogen (secondary N) is 2. The van der Waals surface area contributed by atoms with Crippen LogP contribution in [0.2, 0.25) is 0 Å². The molecule has 6 nitrogen and oxygen atoms in total. The molecule has 0 unspecified atom stereocenters. The molecule has 2 aromatic heterocycles. The molecule has 1 fully saturated rings. The van der Waals surface area contributed by atoms with E-state index in [0.717, 1.165) is 19.0 Å². The van der Waals surface area contributed by atoms with Gasteiger partial charge < -0.3 is 14.9 Å². The second-order valence-electron chi connectivity index (χ2n) is 3.98. The predicted octanol–water partition coefficient (Wildman–Crippen LogP) is 0.437. The summed E-state index contributed by atoms with van der Waals surface area (Å²) < 4.78 is 0. The molecule has 0 amide bonds. The molecule has 3 rings (SSSR count). The lowest BCUT2D eigenvalue weighted by atomic mass is 10.1. The number of aromatic amines is 2. The molecule has 0 spiro atoms. The van der Waals surface area contributed by atoms with Crippen LogP contribution in [0.15, 0.2) is 4.79 Å². The van der Waals surface area contributed by atoms with Crippen molar-refractivity contribution in [3.8, 4) is 0 Å². The molecule has 0 aliphatic carbocycles. The molecule has 2 N–H and O–H groups in total. The van der Waals surface area contributed by atoms with Crippen LogP contribution in [-0.4, -0.2) is 33.0 Å². The van der Waals surface area contributed by atoms with Crippen molar-refractivity contribution in [1.29, 1.82) is 0 Å². The van der Waals surface area contributed by atoms with Crippen molar-refractivity contribution < 1.29 is 0 Å². The van der Waals surface area contributed by atoms with E-state index in [0.29, 0.717) is 11.2 Å². The molecule has 16 heavy (non-hydrogen) atoms. The predicted molar refractivity (Wildman–Crippen MR) is 59.4 cm³/mol. The smallest absolute Gasteiger partial charge is 0.277 e. The fourth-order valence-electron chi connectivity index (χ4n) is 2.04. The summed E-state index contributed by atoms with van der Waals surface area (Å²) in [5.41, 5.74) is 0.643. The highest BCUT2D eigenvalue weighted by Gasteiger charge is 2.15. The molecule has 1 saturated heterocycles. The number of imidazole rings is 1. The number of piperidine rings is 1. The Balaban J connectivity index is 2.04. The monoisotopic (exact) mass is 218 g/mol. The van der Waals surface area contributed by atoms with Crippen molar-refractivity contribution in [1.82, 2.24) is 19.9 Å². The largest absolute Gasteiger partial charge is 0.342 e. The zero-order valence-electron chi connectivity index (χ0n) is 8.79. The maximum absolute atomic E-state index is 11.5. The van der Waals surface area contributed by atoms with Gasteiger partial charge in [-0.2, -0.15) is 4.98 Å². The number of H-pyrrole nitrogens is 2. The summed E-state index contributed by atoms with van der Waals surface area (Å²) in [4.78, 5) is 27.3. The Morgan fingerprint density at radius 3 is 2.81 bits per heavy atom. The first kappa shape index (κ1) is 9.38. The molecule has 1 aliphatic rings. The van der Waals surface area contributed by atoms with Gasteiger partial charge in [0.2, 0.25) is 5.95 Å². The van der Waals surface area contributed by atoms with Crippen LogP contribution in [0.25, 0.3) is 11.2 Å². The first-order valence-electron chi connectivity index (χ1n) is 5.45. The Labute approximate surface area is 91.7 Å². The van der Waals surface area contributed by atoms with Crippen molar-refractivity contribution in [2.75, 3.05) is 18.0 Å². The van der Waals surface area contributed by atoms with Gasteiger partial charge in [0.1, 0.15) is 0 Å². The second kappa shape index (κ2) is 3.62. The lowest BCUT2D eigenvalue weighted by Crippen LogP contribution is -2.30. The third-order valence-electron chi connectivity index (χ3n) is 2.89. The van der Waals surface area contributed by atoms with Crippen LogP contribution in [0.3, 0.4) is 0 Å². The third kappa shape index (κ3) is 1.46. The molecule has 0 atom stereocenters. The first-order valence-corrected chi connectivity index (χ1v) is 5.45. The average molecular weight is 218 g/mol. The first-order chi connectivity index (χ1) is 7.84. The molecule has 0 bridgehead atoms. The lowest BCUT2D eigenvalue weighted by molar-refractivity contribution is 0.570. The maximum atomic E-state index is 11.5. The minimum absolute atomic E-state index is 0.222. The van der Waals surface area contributed by atoms with Crippen LogP contribution in [0.4, 0.5) is 5.95 Å². The van der Waals surface area contributed by atoms with Gasteiger partial charge in [-0.25, -0.2) is 4.98 Å². The number of rotatable bonds is 1. The van der Waals surface area contributed by atoms with Crippen molar-refractivity contribution in [2.45, 2.75) is 19.3 Å². The van der Waals surface area contributed by atoms with Crippen molar-refractivity contribution in [2.24, 2.45) is 0 Å². The van der Waals surface area contributed by atoms with Crippen LogP contribution in [0.5, 0.6) is 0 Å². The molecular formula is C10H12N5O. The number of fused-ring (bicyclic) bond motifs is 1. The van der Waals surface area contributed by atoms with E-state index >= 15 is 0 Å².